The number of nitrogens with two attached hydrogens (primary N) is 1. The monoisotopic (exact) mass is 400 g/mol. The van der Waals surface area contributed by atoms with Gasteiger partial charge in [-0.25, -0.2) is 4.98 Å². The summed E-state index contributed by atoms with van der Waals surface area (Å²) in [4.78, 5) is 16.6. The molecule has 0 aliphatic rings. The Kier molecular flexibility index (Phi) is 11.2. The Balaban J connectivity index is 0.00000312. The average molecular weight is 401 g/mol. The molecular weight excluding hydrogens is 371 g/mol. The Morgan fingerprint density at radius 2 is 1.88 bits per heavy atom. The Morgan fingerprint density at radius 3 is 2.50 bits per heavy atom. The van der Waals surface area contributed by atoms with Crippen LogP contribution in [-0.2, 0) is 17.8 Å². The van der Waals surface area contributed by atoms with Crippen molar-refractivity contribution in [3.63, 3.8) is 0 Å². The number of halogens is 2. The van der Waals surface area contributed by atoms with Crippen molar-refractivity contribution in [1.29, 1.82) is 0 Å². The van der Waals surface area contributed by atoms with Gasteiger partial charge in [-0.2, -0.15) is 0 Å². The first-order valence-electron chi connectivity index (χ1n) is 8.60. The second-order valence-corrected chi connectivity index (χ2v) is 6.52. The molecule has 1 amide bonds. The zero-order valence-corrected chi connectivity index (χ0v) is 17.2. The summed E-state index contributed by atoms with van der Waals surface area (Å²) in [5, 5.41) is 3.00. The molecule has 3 atom stereocenters. The van der Waals surface area contributed by atoms with Crippen LogP contribution >= 0.6 is 24.8 Å². The summed E-state index contributed by atoms with van der Waals surface area (Å²) >= 11 is 0. The Bertz CT molecular complexity index is 648. The van der Waals surface area contributed by atoms with Crippen LogP contribution in [0.1, 0.15) is 38.4 Å². The van der Waals surface area contributed by atoms with Crippen LogP contribution in [0.4, 0.5) is 0 Å². The largest absolute Gasteiger partial charge is 0.352 e. The predicted molar refractivity (Wildman–Crippen MR) is 111 cm³/mol. The van der Waals surface area contributed by atoms with Gasteiger partial charge >= 0.3 is 0 Å². The van der Waals surface area contributed by atoms with E-state index in [2.05, 4.69) is 36.3 Å². The van der Waals surface area contributed by atoms with Crippen LogP contribution in [-0.4, -0.2) is 27.5 Å². The van der Waals surface area contributed by atoms with Gasteiger partial charge in [-0.1, -0.05) is 50.6 Å². The molecule has 0 spiro atoms. The van der Waals surface area contributed by atoms with Gasteiger partial charge in [-0.15, -0.1) is 24.8 Å². The molecule has 0 bridgehead atoms. The molecule has 1 heterocycles. The van der Waals surface area contributed by atoms with Crippen molar-refractivity contribution in [1.82, 2.24) is 14.9 Å². The highest BCUT2D eigenvalue weighted by atomic mass is 35.5. The smallest absolute Gasteiger partial charge is 0.237 e. The number of hydrogen-bond acceptors (Lipinski definition) is 3. The zero-order valence-electron chi connectivity index (χ0n) is 15.6. The van der Waals surface area contributed by atoms with Gasteiger partial charge in [0.2, 0.25) is 5.91 Å². The molecule has 0 saturated carbocycles. The number of benzene rings is 1. The minimum Gasteiger partial charge on any atom is -0.352 e. The summed E-state index contributed by atoms with van der Waals surface area (Å²) in [5.41, 5.74) is 8.09. The van der Waals surface area contributed by atoms with E-state index < -0.39 is 6.04 Å². The number of imidazole rings is 1. The standard InChI is InChI=1S/C19H28N4O.2ClH/c1-4-14(2)15(3)22-19(24)18(20)10-17-12-23(13-21-17)11-16-8-6-5-7-9-16;;/h5-9,12-15,18H,4,10-11,20H2,1-3H3,(H,22,24);2*1H/t14?,15?,18-;;/m0../s1. The SMILES string of the molecule is CCC(C)C(C)NC(=O)[C@@H](N)Cc1cn(Cc2ccccc2)cn1.Cl.Cl. The van der Waals surface area contributed by atoms with Crippen LogP contribution in [0, 0.1) is 5.92 Å². The van der Waals surface area contributed by atoms with Gasteiger partial charge in [0.1, 0.15) is 0 Å². The highest BCUT2D eigenvalue weighted by molar-refractivity contribution is 5.85. The van der Waals surface area contributed by atoms with Crippen molar-refractivity contribution >= 4 is 30.7 Å². The Morgan fingerprint density at radius 1 is 1.23 bits per heavy atom. The van der Waals surface area contributed by atoms with Crippen LogP contribution in [0.25, 0.3) is 0 Å². The molecule has 7 heteroatoms. The molecule has 0 saturated heterocycles. The molecule has 0 radical (unpaired) electrons. The van der Waals surface area contributed by atoms with Gasteiger partial charge in [0, 0.05) is 25.2 Å². The van der Waals surface area contributed by atoms with Crippen LogP contribution in [0.2, 0.25) is 0 Å². The van der Waals surface area contributed by atoms with Gasteiger partial charge in [-0.3, -0.25) is 4.79 Å². The fourth-order valence-corrected chi connectivity index (χ4v) is 2.54. The van der Waals surface area contributed by atoms with E-state index in [1.54, 1.807) is 6.33 Å². The molecule has 0 fully saturated rings. The van der Waals surface area contributed by atoms with Crippen molar-refractivity contribution in [2.75, 3.05) is 0 Å². The third-order valence-corrected chi connectivity index (χ3v) is 4.53. The van der Waals surface area contributed by atoms with Crippen molar-refractivity contribution in [3.8, 4) is 0 Å². The van der Waals surface area contributed by atoms with Crippen molar-refractivity contribution in [3.05, 3.63) is 54.1 Å². The maximum Gasteiger partial charge on any atom is 0.237 e. The Hall–Kier alpha value is -1.56. The number of nitrogens with one attached hydrogen (secondary N) is 1. The fourth-order valence-electron chi connectivity index (χ4n) is 2.54. The highest BCUT2D eigenvalue weighted by Crippen LogP contribution is 2.08. The third-order valence-electron chi connectivity index (χ3n) is 4.53. The quantitative estimate of drug-likeness (QED) is 0.714. The van der Waals surface area contributed by atoms with Crippen LogP contribution in [0.15, 0.2) is 42.9 Å². The lowest BCUT2D eigenvalue weighted by atomic mass is 10.0. The molecule has 1 aromatic carbocycles. The second kappa shape index (κ2) is 11.9. The molecular formula is C19H30Cl2N4O. The van der Waals surface area contributed by atoms with Gasteiger partial charge in [0.15, 0.2) is 0 Å². The normalized spacial score (nSPS) is 13.7. The zero-order chi connectivity index (χ0) is 17.5. The van der Waals surface area contributed by atoms with E-state index in [9.17, 15) is 4.79 Å². The fraction of sp³-hybridized carbons (Fsp3) is 0.474. The molecule has 2 aromatic rings. The lowest BCUT2D eigenvalue weighted by molar-refractivity contribution is -0.123. The van der Waals surface area contributed by atoms with Crippen molar-refractivity contribution in [2.24, 2.45) is 11.7 Å². The topological polar surface area (TPSA) is 72.9 Å². The summed E-state index contributed by atoms with van der Waals surface area (Å²) in [7, 11) is 0. The molecule has 2 rings (SSSR count). The molecule has 3 N–H and O–H groups in total. The van der Waals surface area contributed by atoms with Gasteiger partial charge in [0.25, 0.3) is 0 Å². The van der Waals surface area contributed by atoms with Crippen LogP contribution in [0.3, 0.4) is 0 Å². The summed E-state index contributed by atoms with van der Waals surface area (Å²) < 4.78 is 2.01. The van der Waals surface area contributed by atoms with Crippen LogP contribution in [0.5, 0.6) is 0 Å². The number of nitrogens with zero attached hydrogens (tertiary/aromatic N) is 2. The maximum atomic E-state index is 12.2. The minimum atomic E-state index is -0.573. The van der Waals surface area contributed by atoms with E-state index in [0.29, 0.717) is 12.3 Å². The van der Waals surface area contributed by atoms with Gasteiger partial charge in [0.05, 0.1) is 18.1 Å². The first-order valence-corrected chi connectivity index (χ1v) is 8.60. The van der Waals surface area contributed by atoms with Crippen LogP contribution < -0.4 is 11.1 Å². The first-order chi connectivity index (χ1) is 11.5. The molecule has 0 aliphatic heterocycles. The summed E-state index contributed by atoms with van der Waals surface area (Å²) in [5.74, 6) is 0.326. The molecule has 5 nitrogen and oxygen atoms in total. The summed E-state index contributed by atoms with van der Waals surface area (Å²) in [6.07, 6.45) is 5.22. The predicted octanol–water partition coefficient (Wildman–Crippen LogP) is 3.20. The molecule has 146 valence electrons. The number of carbonyl (C=O) groups excluding carboxylic acids is 1. The molecule has 1 aromatic heterocycles. The number of aromatic nitrogens is 2. The molecule has 2 unspecified atom stereocenters. The molecule has 26 heavy (non-hydrogen) atoms. The number of carbonyl (C=O) groups is 1. The van der Waals surface area contributed by atoms with E-state index in [1.165, 1.54) is 5.56 Å². The average Bonchev–Trinajstić information content (AvgIpc) is 3.01. The van der Waals surface area contributed by atoms with Gasteiger partial charge in [-0.05, 0) is 18.4 Å². The number of hydrogen-bond donors (Lipinski definition) is 2. The third kappa shape index (κ3) is 7.36. The summed E-state index contributed by atoms with van der Waals surface area (Å²) in [6.45, 7) is 7.03. The van der Waals surface area contributed by atoms with Crippen molar-refractivity contribution < 1.29 is 4.79 Å². The Labute approximate surface area is 168 Å². The minimum absolute atomic E-state index is 0. The number of amides is 1. The van der Waals surface area contributed by atoms with E-state index in [4.69, 9.17) is 5.73 Å². The van der Waals surface area contributed by atoms with E-state index >= 15 is 0 Å². The maximum absolute atomic E-state index is 12.2. The van der Waals surface area contributed by atoms with E-state index in [0.717, 1.165) is 18.7 Å². The second-order valence-electron chi connectivity index (χ2n) is 6.52. The number of rotatable bonds is 8. The lowest BCUT2D eigenvalue weighted by Crippen LogP contribution is -2.47. The van der Waals surface area contributed by atoms with Crippen molar-refractivity contribution in [2.45, 2.75) is 52.2 Å². The highest BCUT2D eigenvalue weighted by Gasteiger charge is 2.19. The van der Waals surface area contributed by atoms with E-state index in [-0.39, 0.29) is 36.8 Å². The molecule has 0 aliphatic carbocycles. The first kappa shape index (κ1) is 24.4. The van der Waals surface area contributed by atoms with E-state index in [1.807, 2.05) is 35.9 Å². The summed E-state index contributed by atoms with van der Waals surface area (Å²) in [6, 6.07) is 9.75. The van der Waals surface area contributed by atoms with Gasteiger partial charge < -0.3 is 15.6 Å². The lowest BCUT2D eigenvalue weighted by Gasteiger charge is -2.21.